The van der Waals surface area contributed by atoms with Gasteiger partial charge in [-0.3, -0.25) is 19.8 Å². The normalized spacial score (nSPS) is 28.1. The number of urea groups is 1. The van der Waals surface area contributed by atoms with E-state index in [0.717, 1.165) is 4.90 Å². The number of carbonyl (C=O) groups is 3. The number of hydrogen-bond acceptors (Lipinski definition) is 4. The van der Waals surface area contributed by atoms with Crippen LogP contribution < -0.4 is 11.1 Å². The van der Waals surface area contributed by atoms with Crippen LogP contribution in [0.3, 0.4) is 0 Å². The van der Waals surface area contributed by atoms with Crippen LogP contribution >= 0.6 is 0 Å². The molecule has 0 aromatic heterocycles. The van der Waals surface area contributed by atoms with E-state index in [1.165, 1.54) is 19.2 Å². The Balaban J connectivity index is 1.88. The number of imide groups is 2. The predicted molar refractivity (Wildman–Crippen MR) is 74.8 cm³/mol. The minimum Gasteiger partial charge on any atom is -0.318 e. The lowest BCUT2D eigenvalue weighted by molar-refractivity contribution is -0.140. The maximum atomic E-state index is 13.3. The Hall–Kier alpha value is -2.54. The maximum Gasteiger partial charge on any atom is 0.330 e. The summed E-state index contributed by atoms with van der Waals surface area (Å²) in [4.78, 5) is 36.2. The molecule has 2 aliphatic rings. The minimum absolute atomic E-state index is 0.252. The average Bonchev–Trinajstić information content (AvgIpc) is 2.43. The Kier molecular flexibility index (Phi) is 3.10. The van der Waals surface area contributed by atoms with Crippen molar-refractivity contribution in [3.63, 3.8) is 0 Å². The average molecular weight is 303 g/mol. The Labute approximate surface area is 125 Å². The van der Waals surface area contributed by atoms with Crippen molar-refractivity contribution in [2.45, 2.75) is 12.0 Å². The van der Waals surface area contributed by atoms with Crippen molar-refractivity contribution >= 4 is 17.8 Å². The first-order valence-corrected chi connectivity index (χ1v) is 6.71. The predicted octanol–water partition coefficient (Wildman–Crippen LogP) is 0.634. The maximum absolute atomic E-state index is 13.3. The van der Waals surface area contributed by atoms with Crippen LogP contribution in [0.25, 0.3) is 0 Å². The van der Waals surface area contributed by atoms with Crippen molar-refractivity contribution in [3.8, 4) is 0 Å². The second kappa shape index (κ2) is 4.74. The summed E-state index contributed by atoms with van der Waals surface area (Å²) >= 11 is 0. The number of benzene rings is 1. The summed E-state index contributed by atoms with van der Waals surface area (Å²) in [6.45, 7) is 0. The first kappa shape index (κ1) is 14.4. The van der Waals surface area contributed by atoms with E-state index >= 15 is 0 Å². The molecule has 1 aromatic carbocycles. The van der Waals surface area contributed by atoms with Crippen LogP contribution in [-0.4, -0.2) is 29.8 Å². The van der Waals surface area contributed by atoms with E-state index in [0.29, 0.717) is 11.1 Å². The van der Waals surface area contributed by atoms with Crippen molar-refractivity contribution < 1.29 is 18.8 Å². The molecule has 1 aliphatic carbocycles. The number of hydrogen-bond donors (Lipinski definition) is 2. The molecule has 1 aliphatic heterocycles. The lowest BCUT2D eigenvalue weighted by atomic mass is 9.69. The summed E-state index contributed by atoms with van der Waals surface area (Å²) in [5.41, 5.74) is 6.38. The molecule has 2 atom stereocenters. The molecule has 0 radical (unpaired) electrons. The van der Waals surface area contributed by atoms with Crippen molar-refractivity contribution in [2.75, 3.05) is 7.05 Å². The second-order valence-corrected chi connectivity index (χ2v) is 5.57. The molecule has 0 spiro atoms. The molecular weight excluding hydrogens is 289 g/mol. The number of nitrogens with zero attached hydrogens (tertiary/aromatic N) is 1. The third-order valence-electron chi connectivity index (χ3n) is 4.05. The summed E-state index contributed by atoms with van der Waals surface area (Å²) in [5, 5.41) is 2.12. The number of barbiturate groups is 1. The van der Waals surface area contributed by atoms with Crippen LogP contribution in [0.4, 0.5) is 9.18 Å². The summed E-state index contributed by atoms with van der Waals surface area (Å²) in [6, 6.07) is 5.14. The quantitative estimate of drug-likeness (QED) is 0.619. The van der Waals surface area contributed by atoms with E-state index in [1.54, 1.807) is 18.2 Å². The van der Waals surface area contributed by atoms with Gasteiger partial charge in [0.05, 0.1) is 5.54 Å². The number of amides is 4. The van der Waals surface area contributed by atoms with Gasteiger partial charge in [0.15, 0.2) is 0 Å². The lowest BCUT2D eigenvalue weighted by Gasteiger charge is -2.41. The first-order chi connectivity index (χ1) is 10.3. The van der Waals surface area contributed by atoms with Crippen molar-refractivity contribution in [1.82, 2.24) is 10.2 Å². The van der Waals surface area contributed by atoms with E-state index in [9.17, 15) is 18.8 Å². The molecule has 0 bridgehead atoms. The molecule has 22 heavy (non-hydrogen) atoms. The number of halogens is 1. The molecule has 1 fully saturated rings. The van der Waals surface area contributed by atoms with Gasteiger partial charge in [0.25, 0.3) is 0 Å². The largest absolute Gasteiger partial charge is 0.330 e. The first-order valence-electron chi connectivity index (χ1n) is 6.71. The zero-order chi connectivity index (χ0) is 16.1. The number of nitrogens with one attached hydrogen (secondary N) is 1. The third kappa shape index (κ3) is 2.10. The van der Waals surface area contributed by atoms with Gasteiger partial charge < -0.3 is 5.73 Å². The lowest BCUT2D eigenvalue weighted by Crippen LogP contribution is -2.58. The molecule has 3 N–H and O–H groups in total. The van der Waals surface area contributed by atoms with Crippen LogP contribution in [0, 0.1) is 11.7 Å². The summed E-state index contributed by atoms with van der Waals surface area (Å²) in [5.74, 6) is -2.68. The smallest absolute Gasteiger partial charge is 0.318 e. The molecule has 114 valence electrons. The Morgan fingerprint density at radius 1 is 1.36 bits per heavy atom. The Morgan fingerprint density at radius 3 is 2.68 bits per heavy atom. The Bertz CT molecular complexity index is 730. The van der Waals surface area contributed by atoms with Crippen LogP contribution in [0.5, 0.6) is 0 Å². The van der Waals surface area contributed by atoms with Gasteiger partial charge in [0.1, 0.15) is 11.7 Å². The fraction of sp³-hybridized carbons (Fsp3) is 0.267. The molecule has 4 amide bonds. The molecule has 0 saturated carbocycles. The summed E-state index contributed by atoms with van der Waals surface area (Å²) in [7, 11) is 1.30. The fourth-order valence-corrected chi connectivity index (χ4v) is 2.78. The molecule has 1 aromatic rings. The number of rotatable bonds is 2. The van der Waals surface area contributed by atoms with Gasteiger partial charge in [-0.2, -0.15) is 0 Å². The van der Waals surface area contributed by atoms with Crippen LogP contribution in [0.15, 0.2) is 35.9 Å². The van der Waals surface area contributed by atoms with Gasteiger partial charge in [-0.1, -0.05) is 18.2 Å². The van der Waals surface area contributed by atoms with Crippen LogP contribution in [-0.2, 0) is 15.1 Å². The number of carbonyl (C=O) groups excluding carboxylic acids is 3. The molecule has 1 heterocycles. The van der Waals surface area contributed by atoms with Crippen LogP contribution in [0.2, 0.25) is 0 Å². The molecule has 6 nitrogen and oxygen atoms in total. The molecule has 1 unspecified atom stereocenters. The highest BCUT2D eigenvalue weighted by Crippen LogP contribution is 2.41. The fourth-order valence-electron chi connectivity index (χ4n) is 2.78. The Morgan fingerprint density at radius 2 is 2.05 bits per heavy atom. The monoisotopic (exact) mass is 303 g/mol. The van der Waals surface area contributed by atoms with E-state index in [4.69, 9.17) is 5.73 Å². The van der Waals surface area contributed by atoms with Gasteiger partial charge in [0, 0.05) is 7.05 Å². The highest BCUT2D eigenvalue weighted by Gasteiger charge is 2.47. The van der Waals surface area contributed by atoms with E-state index in [1.807, 2.05) is 0 Å². The SMILES string of the molecule is CN1C(=O)NC(=O)C(C2=C[C@](N)(c3cccc(F)c3)C2)C1=O. The second-order valence-electron chi connectivity index (χ2n) is 5.57. The van der Waals surface area contributed by atoms with Gasteiger partial charge in [-0.25, -0.2) is 9.18 Å². The highest BCUT2D eigenvalue weighted by atomic mass is 19.1. The molecule has 7 heteroatoms. The highest BCUT2D eigenvalue weighted by molar-refractivity contribution is 6.17. The van der Waals surface area contributed by atoms with Crippen molar-refractivity contribution in [2.24, 2.45) is 11.7 Å². The van der Waals surface area contributed by atoms with Crippen molar-refractivity contribution in [1.29, 1.82) is 0 Å². The van der Waals surface area contributed by atoms with E-state index in [-0.39, 0.29) is 6.42 Å². The van der Waals surface area contributed by atoms with Gasteiger partial charge in [-0.05, 0) is 29.7 Å². The third-order valence-corrected chi connectivity index (χ3v) is 4.05. The standard InChI is InChI=1S/C15H14FN3O3/c1-19-13(21)11(12(20)18-14(19)22)8-6-15(17,7-8)9-3-2-4-10(16)5-9/h2-6,11H,7,17H2,1H3,(H,18,20,22)/t11?,15-/m1/s1. The topological polar surface area (TPSA) is 92.5 Å². The zero-order valence-electron chi connectivity index (χ0n) is 11.8. The number of nitrogens with two attached hydrogens (primary N) is 1. The van der Waals surface area contributed by atoms with Crippen LogP contribution in [0.1, 0.15) is 12.0 Å². The molecule has 3 rings (SSSR count). The summed E-state index contributed by atoms with van der Waals surface area (Å²) < 4.78 is 13.3. The van der Waals surface area contributed by atoms with E-state index in [2.05, 4.69) is 5.32 Å². The van der Waals surface area contributed by atoms with Gasteiger partial charge in [0.2, 0.25) is 11.8 Å². The van der Waals surface area contributed by atoms with Crippen molar-refractivity contribution in [3.05, 3.63) is 47.3 Å². The minimum atomic E-state index is -1.05. The molecular formula is C15H14FN3O3. The van der Waals surface area contributed by atoms with Gasteiger partial charge in [-0.15, -0.1) is 0 Å². The molecule has 1 saturated heterocycles. The zero-order valence-corrected chi connectivity index (χ0v) is 11.8. The van der Waals surface area contributed by atoms with E-state index < -0.39 is 35.1 Å². The summed E-state index contributed by atoms with van der Waals surface area (Å²) in [6.07, 6.45) is 1.84. The van der Waals surface area contributed by atoms with Gasteiger partial charge >= 0.3 is 6.03 Å².